The molecule has 2 N–H and O–H groups in total. The fraction of sp³-hybridized carbons (Fsp3) is 0.625. The number of hydrogen-bond donors (Lipinski definition) is 2. The zero-order valence-corrected chi connectivity index (χ0v) is 11.3. The van der Waals surface area contributed by atoms with Crippen molar-refractivity contribution >= 4 is 0 Å². The molecule has 1 aromatic carbocycles. The fourth-order valence-electron chi connectivity index (χ4n) is 2.82. The van der Waals surface area contributed by atoms with Gasteiger partial charge in [-0.05, 0) is 36.8 Å². The summed E-state index contributed by atoms with van der Waals surface area (Å²) in [6.07, 6.45) is 4.12. The van der Waals surface area contributed by atoms with Crippen molar-refractivity contribution in [1.29, 1.82) is 0 Å². The molecular weight excluding hydrogens is 220 g/mol. The van der Waals surface area contributed by atoms with Crippen molar-refractivity contribution in [2.24, 2.45) is 5.41 Å². The number of hydrogen-bond acceptors (Lipinski definition) is 2. The van der Waals surface area contributed by atoms with Crippen molar-refractivity contribution in [3.05, 3.63) is 35.9 Å². The first-order valence-corrected chi connectivity index (χ1v) is 7.32. The minimum Gasteiger partial charge on any atom is -0.316 e. The molecule has 1 aromatic rings. The lowest BCUT2D eigenvalue weighted by Gasteiger charge is -2.16. The first-order chi connectivity index (χ1) is 8.83. The summed E-state index contributed by atoms with van der Waals surface area (Å²) in [5.41, 5.74) is 2.09. The van der Waals surface area contributed by atoms with E-state index in [2.05, 4.69) is 47.9 Å². The van der Waals surface area contributed by atoms with Crippen LogP contribution in [0.1, 0.15) is 37.7 Å². The van der Waals surface area contributed by atoms with E-state index in [1.807, 2.05) is 0 Å². The molecule has 0 heterocycles. The molecule has 2 nitrogen and oxygen atoms in total. The topological polar surface area (TPSA) is 24.1 Å². The van der Waals surface area contributed by atoms with Gasteiger partial charge in [-0.2, -0.15) is 0 Å². The Balaban J connectivity index is 1.44. The van der Waals surface area contributed by atoms with Crippen molar-refractivity contribution in [1.82, 2.24) is 10.6 Å². The van der Waals surface area contributed by atoms with E-state index in [4.69, 9.17) is 0 Å². The quantitative estimate of drug-likeness (QED) is 0.770. The molecule has 2 heteroatoms. The minimum atomic E-state index is 0.583. The molecule has 1 unspecified atom stereocenters. The standard InChI is InChI=1S/C16H24N2/c1-2-17-11-16(8-9-16)12-18-15-10-14(15)13-6-4-3-5-7-13/h3-7,14-15,17-18H,2,8-12H2,1H3/t14?,15-/m0/s1. The van der Waals surface area contributed by atoms with Crippen LogP contribution in [0.4, 0.5) is 0 Å². The van der Waals surface area contributed by atoms with Crippen LogP contribution in [0.25, 0.3) is 0 Å². The van der Waals surface area contributed by atoms with E-state index < -0.39 is 0 Å². The zero-order valence-electron chi connectivity index (χ0n) is 11.3. The summed E-state index contributed by atoms with van der Waals surface area (Å²) in [6, 6.07) is 11.7. The van der Waals surface area contributed by atoms with Gasteiger partial charge in [0.25, 0.3) is 0 Å². The summed E-state index contributed by atoms with van der Waals surface area (Å²) < 4.78 is 0. The van der Waals surface area contributed by atoms with Crippen LogP contribution in [0.2, 0.25) is 0 Å². The van der Waals surface area contributed by atoms with Crippen LogP contribution in [-0.2, 0) is 0 Å². The van der Waals surface area contributed by atoms with Crippen molar-refractivity contribution in [2.45, 2.75) is 38.1 Å². The second kappa shape index (κ2) is 5.02. The summed E-state index contributed by atoms with van der Waals surface area (Å²) in [4.78, 5) is 0. The maximum absolute atomic E-state index is 3.78. The lowest BCUT2D eigenvalue weighted by molar-refractivity contribution is 0.425. The highest BCUT2D eigenvalue weighted by Crippen LogP contribution is 2.46. The Morgan fingerprint density at radius 2 is 1.94 bits per heavy atom. The summed E-state index contributed by atoms with van der Waals surface area (Å²) >= 11 is 0. The van der Waals surface area contributed by atoms with E-state index in [0.717, 1.165) is 18.5 Å². The second-order valence-corrected chi connectivity index (χ2v) is 6.02. The van der Waals surface area contributed by atoms with E-state index in [9.17, 15) is 0 Å². The Kier molecular flexibility index (Phi) is 3.40. The molecular formula is C16H24N2. The molecule has 0 aliphatic heterocycles. The predicted octanol–water partition coefficient (Wildman–Crippen LogP) is 2.52. The van der Waals surface area contributed by atoms with Gasteiger partial charge in [0.1, 0.15) is 0 Å². The molecule has 0 aromatic heterocycles. The molecule has 0 amide bonds. The largest absolute Gasteiger partial charge is 0.316 e. The van der Waals surface area contributed by atoms with Gasteiger partial charge in [0.15, 0.2) is 0 Å². The van der Waals surface area contributed by atoms with E-state index in [1.54, 1.807) is 0 Å². The Bertz CT molecular complexity index is 383. The lowest BCUT2D eigenvalue weighted by atomic mass is 10.1. The highest BCUT2D eigenvalue weighted by atomic mass is 15.0. The SMILES string of the molecule is CCNCC1(CN[C@H]2CC2c2ccccc2)CC1. The molecule has 2 atom stereocenters. The van der Waals surface area contributed by atoms with Crippen molar-refractivity contribution < 1.29 is 0 Å². The molecule has 2 fully saturated rings. The number of benzene rings is 1. The molecule has 98 valence electrons. The molecule has 2 aliphatic carbocycles. The minimum absolute atomic E-state index is 0.583. The fourth-order valence-corrected chi connectivity index (χ4v) is 2.82. The van der Waals surface area contributed by atoms with E-state index in [-0.39, 0.29) is 0 Å². The number of nitrogens with one attached hydrogen (secondary N) is 2. The first-order valence-electron chi connectivity index (χ1n) is 7.32. The van der Waals surface area contributed by atoms with Gasteiger partial charge < -0.3 is 10.6 Å². The van der Waals surface area contributed by atoms with Crippen molar-refractivity contribution in [3.8, 4) is 0 Å². The van der Waals surface area contributed by atoms with Gasteiger partial charge in [-0.3, -0.25) is 0 Å². The predicted molar refractivity (Wildman–Crippen MR) is 75.8 cm³/mol. The third-order valence-electron chi connectivity index (χ3n) is 4.46. The van der Waals surface area contributed by atoms with Crippen LogP contribution in [0.3, 0.4) is 0 Å². The molecule has 18 heavy (non-hydrogen) atoms. The molecule has 0 radical (unpaired) electrons. The Morgan fingerprint density at radius 3 is 2.61 bits per heavy atom. The molecule has 0 spiro atoms. The summed E-state index contributed by atoms with van der Waals surface area (Å²) in [7, 11) is 0. The summed E-state index contributed by atoms with van der Waals surface area (Å²) in [5, 5.41) is 7.27. The highest BCUT2D eigenvalue weighted by molar-refractivity contribution is 5.27. The summed E-state index contributed by atoms with van der Waals surface area (Å²) in [6.45, 7) is 5.68. The van der Waals surface area contributed by atoms with Crippen LogP contribution in [0.5, 0.6) is 0 Å². The Hall–Kier alpha value is -0.860. The average Bonchev–Trinajstić information content (AvgIpc) is 3.31. The normalized spacial score (nSPS) is 28.1. The van der Waals surface area contributed by atoms with Gasteiger partial charge in [0.05, 0.1) is 0 Å². The average molecular weight is 244 g/mol. The summed E-state index contributed by atoms with van der Waals surface area (Å²) in [5.74, 6) is 0.765. The molecule has 3 rings (SSSR count). The van der Waals surface area contributed by atoms with Gasteiger partial charge in [-0.25, -0.2) is 0 Å². The maximum Gasteiger partial charge on any atom is 0.0143 e. The molecule has 0 saturated heterocycles. The first kappa shape index (κ1) is 12.2. The highest BCUT2D eigenvalue weighted by Gasteiger charge is 2.45. The van der Waals surface area contributed by atoms with Gasteiger partial charge in [0.2, 0.25) is 0 Å². The van der Waals surface area contributed by atoms with Crippen LogP contribution in [0, 0.1) is 5.41 Å². The van der Waals surface area contributed by atoms with E-state index in [1.165, 1.54) is 37.9 Å². The van der Waals surface area contributed by atoms with Crippen molar-refractivity contribution in [3.63, 3.8) is 0 Å². The smallest absolute Gasteiger partial charge is 0.0143 e. The lowest BCUT2D eigenvalue weighted by Crippen LogP contribution is -2.34. The number of rotatable bonds is 7. The monoisotopic (exact) mass is 244 g/mol. The molecule has 2 aliphatic rings. The Labute approximate surface area is 110 Å². The van der Waals surface area contributed by atoms with E-state index >= 15 is 0 Å². The van der Waals surface area contributed by atoms with Gasteiger partial charge in [-0.1, -0.05) is 37.3 Å². The zero-order chi connectivity index (χ0) is 12.4. The maximum atomic E-state index is 3.78. The van der Waals surface area contributed by atoms with Crippen LogP contribution < -0.4 is 10.6 Å². The van der Waals surface area contributed by atoms with Crippen molar-refractivity contribution in [2.75, 3.05) is 19.6 Å². The Morgan fingerprint density at radius 1 is 1.17 bits per heavy atom. The van der Waals surface area contributed by atoms with Crippen LogP contribution in [-0.4, -0.2) is 25.7 Å². The van der Waals surface area contributed by atoms with Crippen LogP contribution >= 0.6 is 0 Å². The third-order valence-corrected chi connectivity index (χ3v) is 4.46. The van der Waals surface area contributed by atoms with E-state index in [0.29, 0.717) is 5.41 Å². The third kappa shape index (κ3) is 2.76. The van der Waals surface area contributed by atoms with Gasteiger partial charge in [-0.15, -0.1) is 0 Å². The molecule has 2 saturated carbocycles. The van der Waals surface area contributed by atoms with Crippen LogP contribution in [0.15, 0.2) is 30.3 Å². The second-order valence-electron chi connectivity index (χ2n) is 6.02. The van der Waals surface area contributed by atoms with Gasteiger partial charge in [0, 0.05) is 25.0 Å². The van der Waals surface area contributed by atoms with Gasteiger partial charge >= 0.3 is 0 Å². The molecule has 0 bridgehead atoms.